The van der Waals surface area contributed by atoms with E-state index >= 15 is 0 Å². The number of halogens is 2. The second-order valence-electron chi connectivity index (χ2n) is 2.77. The average molecular weight is 197 g/mol. The van der Waals surface area contributed by atoms with E-state index in [0.717, 1.165) is 14.0 Å². The first kappa shape index (κ1) is 12.2. The molecule has 0 radical (unpaired) electrons. The highest BCUT2D eigenvalue weighted by molar-refractivity contribution is 5.77. The summed E-state index contributed by atoms with van der Waals surface area (Å²) in [6.07, 6.45) is -3.02. The van der Waals surface area contributed by atoms with Crippen LogP contribution in [0.15, 0.2) is 0 Å². The normalized spacial score (nSPS) is 18.1. The van der Waals surface area contributed by atoms with Crippen LogP contribution in [-0.2, 0) is 9.53 Å². The van der Waals surface area contributed by atoms with Gasteiger partial charge in [-0.25, -0.2) is 8.78 Å². The summed E-state index contributed by atoms with van der Waals surface area (Å²) in [4.78, 5) is 10.9. The van der Waals surface area contributed by atoms with Gasteiger partial charge in [0.05, 0.1) is 7.11 Å². The molecule has 2 atom stereocenters. The van der Waals surface area contributed by atoms with Crippen molar-refractivity contribution in [2.75, 3.05) is 14.2 Å². The first-order valence-corrected chi connectivity index (χ1v) is 3.63. The Morgan fingerprint density at radius 3 is 2.31 bits per heavy atom. The van der Waals surface area contributed by atoms with Gasteiger partial charge in [-0.2, -0.15) is 0 Å². The van der Waals surface area contributed by atoms with Gasteiger partial charge in [-0.3, -0.25) is 4.79 Å². The molecule has 0 spiro atoms. The minimum atomic E-state index is -3.02. The zero-order valence-electron chi connectivity index (χ0n) is 7.67. The minimum absolute atomic E-state index is 0.871. The van der Waals surface area contributed by atoms with Gasteiger partial charge in [0.2, 0.25) is 0 Å². The summed E-state index contributed by atoms with van der Waals surface area (Å²) >= 11 is 0. The van der Waals surface area contributed by atoms with Gasteiger partial charge in [0.1, 0.15) is 11.6 Å². The van der Waals surface area contributed by atoms with E-state index in [1.807, 2.05) is 0 Å². The van der Waals surface area contributed by atoms with Crippen molar-refractivity contribution in [2.24, 2.45) is 0 Å². The van der Waals surface area contributed by atoms with E-state index in [-0.39, 0.29) is 0 Å². The summed E-state index contributed by atoms with van der Waals surface area (Å²) in [5.74, 6) is -0.923. The highest BCUT2D eigenvalue weighted by Gasteiger charge is 2.44. The molecule has 0 aliphatic rings. The molecule has 6 heteroatoms. The van der Waals surface area contributed by atoms with E-state index in [0.29, 0.717) is 0 Å². The van der Waals surface area contributed by atoms with E-state index < -0.39 is 24.0 Å². The van der Waals surface area contributed by atoms with Crippen molar-refractivity contribution in [1.82, 2.24) is 5.32 Å². The van der Waals surface area contributed by atoms with Gasteiger partial charge in [0.15, 0.2) is 0 Å². The number of esters is 1. The fourth-order valence-corrected chi connectivity index (χ4v) is 0.893. The molecule has 0 amide bonds. The van der Waals surface area contributed by atoms with Crippen molar-refractivity contribution >= 4 is 5.97 Å². The lowest BCUT2D eigenvalue weighted by Gasteiger charge is -2.29. The molecule has 0 aromatic heterocycles. The SMILES string of the molecule is CN[C@H](C(=O)OC)[C@](C)(O)C(F)F. The third-order valence-corrected chi connectivity index (χ3v) is 1.75. The number of hydrogen-bond donors (Lipinski definition) is 2. The van der Waals surface area contributed by atoms with Crippen LogP contribution in [0.4, 0.5) is 8.78 Å². The molecule has 0 heterocycles. The lowest BCUT2D eigenvalue weighted by molar-refractivity contribution is -0.160. The molecule has 0 aliphatic carbocycles. The third-order valence-electron chi connectivity index (χ3n) is 1.75. The fraction of sp³-hybridized carbons (Fsp3) is 0.857. The topological polar surface area (TPSA) is 58.6 Å². The van der Waals surface area contributed by atoms with Crippen LogP contribution < -0.4 is 5.32 Å². The Morgan fingerprint density at radius 2 is 2.08 bits per heavy atom. The molecule has 0 bridgehead atoms. The van der Waals surface area contributed by atoms with Crippen molar-refractivity contribution in [3.8, 4) is 0 Å². The highest BCUT2D eigenvalue weighted by atomic mass is 19.3. The maximum atomic E-state index is 12.2. The molecule has 0 saturated heterocycles. The van der Waals surface area contributed by atoms with Crippen LogP contribution in [0.3, 0.4) is 0 Å². The van der Waals surface area contributed by atoms with Crippen molar-refractivity contribution in [2.45, 2.75) is 25.0 Å². The highest BCUT2D eigenvalue weighted by Crippen LogP contribution is 2.20. The summed E-state index contributed by atoms with van der Waals surface area (Å²) in [5, 5.41) is 11.5. The minimum Gasteiger partial charge on any atom is -0.468 e. The summed E-state index contributed by atoms with van der Waals surface area (Å²) in [7, 11) is 2.35. The first-order chi connectivity index (χ1) is 5.87. The number of ether oxygens (including phenoxy) is 1. The van der Waals surface area contributed by atoms with Crippen molar-refractivity contribution < 1.29 is 23.4 Å². The number of hydrogen-bond acceptors (Lipinski definition) is 4. The van der Waals surface area contributed by atoms with Gasteiger partial charge < -0.3 is 15.2 Å². The van der Waals surface area contributed by atoms with E-state index in [9.17, 15) is 18.7 Å². The molecule has 78 valence electrons. The number of likely N-dealkylation sites (N-methyl/N-ethyl adjacent to an activating group) is 1. The van der Waals surface area contributed by atoms with Gasteiger partial charge in [0.25, 0.3) is 6.43 Å². The lowest BCUT2D eigenvalue weighted by Crippen LogP contribution is -2.57. The number of rotatable bonds is 4. The molecule has 0 saturated carbocycles. The van der Waals surface area contributed by atoms with Gasteiger partial charge in [0, 0.05) is 0 Å². The quantitative estimate of drug-likeness (QED) is 0.611. The molecule has 0 unspecified atom stereocenters. The number of nitrogens with one attached hydrogen (secondary N) is 1. The van der Waals surface area contributed by atoms with Crippen molar-refractivity contribution in [3.05, 3.63) is 0 Å². The molecular weight excluding hydrogens is 184 g/mol. The third kappa shape index (κ3) is 2.60. The number of alkyl halides is 2. The number of carbonyl (C=O) groups is 1. The van der Waals surface area contributed by atoms with Crippen LogP contribution in [0.1, 0.15) is 6.92 Å². The number of aliphatic hydroxyl groups is 1. The van der Waals surface area contributed by atoms with Crippen LogP contribution in [0.25, 0.3) is 0 Å². The molecule has 0 rings (SSSR count). The molecular formula is C7H13F2NO3. The number of methoxy groups -OCH3 is 1. The van der Waals surface area contributed by atoms with Crippen molar-refractivity contribution in [1.29, 1.82) is 0 Å². The average Bonchev–Trinajstić information content (AvgIpc) is 2.04. The van der Waals surface area contributed by atoms with Crippen LogP contribution in [0, 0.1) is 0 Å². The molecule has 2 N–H and O–H groups in total. The summed E-state index contributed by atoms with van der Waals surface area (Å²) in [6, 6.07) is -1.43. The second-order valence-corrected chi connectivity index (χ2v) is 2.77. The smallest absolute Gasteiger partial charge is 0.326 e. The maximum Gasteiger partial charge on any atom is 0.326 e. The van der Waals surface area contributed by atoms with Gasteiger partial charge in [-0.05, 0) is 14.0 Å². The fourth-order valence-electron chi connectivity index (χ4n) is 0.893. The number of carbonyl (C=O) groups excluding carboxylic acids is 1. The van der Waals surface area contributed by atoms with E-state index in [2.05, 4.69) is 10.1 Å². The Morgan fingerprint density at radius 1 is 1.62 bits per heavy atom. The summed E-state index contributed by atoms with van der Waals surface area (Å²) in [6.45, 7) is 0.871. The van der Waals surface area contributed by atoms with Crippen LogP contribution >= 0.6 is 0 Å². The standard InChI is InChI=1S/C7H13F2NO3/c1-7(12,6(8)9)4(10-2)5(11)13-3/h4,6,10,12H,1-3H3/t4-,7+/m1/s1. The Balaban J connectivity index is 4.65. The van der Waals surface area contributed by atoms with Gasteiger partial charge in [-0.15, -0.1) is 0 Å². The second kappa shape index (κ2) is 4.48. The monoisotopic (exact) mass is 197 g/mol. The largest absolute Gasteiger partial charge is 0.468 e. The predicted molar refractivity (Wildman–Crippen MR) is 41.5 cm³/mol. The van der Waals surface area contributed by atoms with E-state index in [1.165, 1.54) is 7.05 Å². The molecule has 0 aromatic rings. The Labute approximate surface area is 74.9 Å². The lowest BCUT2D eigenvalue weighted by atomic mass is 9.97. The maximum absolute atomic E-state index is 12.2. The molecule has 13 heavy (non-hydrogen) atoms. The first-order valence-electron chi connectivity index (χ1n) is 3.63. The Hall–Kier alpha value is -0.750. The summed E-state index contributed by atoms with van der Waals surface area (Å²) < 4.78 is 28.7. The van der Waals surface area contributed by atoms with Crippen LogP contribution in [0.5, 0.6) is 0 Å². The van der Waals surface area contributed by atoms with Crippen LogP contribution in [-0.4, -0.2) is 43.3 Å². The Bertz CT molecular complexity index is 185. The van der Waals surface area contributed by atoms with Gasteiger partial charge >= 0.3 is 5.97 Å². The van der Waals surface area contributed by atoms with E-state index in [1.54, 1.807) is 0 Å². The molecule has 4 nitrogen and oxygen atoms in total. The molecule has 0 fully saturated rings. The predicted octanol–water partition coefficient (Wildman–Crippen LogP) is -0.237. The van der Waals surface area contributed by atoms with Crippen LogP contribution in [0.2, 0.25) is 0 Å². The summed E-state index contributed by atoms with van der Waals surface area (Å²) in [5.41, 5.74) is -2.43. The van der Waals surface area contributed by atoms with Gasteiger partial charge in [-0.1, -0.05) is 0 Å². The van der Waals surface area contributed by atoms with E-state index in [4.69, 9.17) is 0 Å². The molecule has 0 aromatic carbocycles. The zero-order chi connectivity index (χ0) is 10.6. The van der Waals surface area contributed by atoms with Crippen molar-refractivity contribution in [3.63, 3.8) is 0 Å². The zero-order valence-corrected chi connectivity index (χ0v) is 7.67. The Kier molecular flexibility index (Phi) is 4.22. The molecule has 0 aliphatic heterocycles.